The van der Waals surface area contributed by atoms with Crippen molar-refractivity contribution in [1.82, 2.24) is 5.32 Å². The molecule has 0 aromatic rings. The number of nitrogens with one attached hydrogen (secondary N) is 1. The molecule has 0 aliphatic rings. The summed E-state index contributed by atoms with van der Waals surface area (Å²) in [4.78, 5) is 24.5. The Kier molecular flexibility index (Phi) is 6.88. The van der Waals surface area contributed by atoms with Gasteiger partial charge in [-0.1, -0.05) is 0 Å². The van der Waals surface area contributed by atoms with Gasteiger partial charge < -0.3 is 14.8 Å². The molecule has 6 nitrogen and oxygen atoms in total. The van der Waals surface area contributed by atoms with Crippen LogP contribution in [0.1, 0.15) is 61.3 Å². The van der Waals surface area contributed by atoms with Gasteiger partial charge in [0.2, 0.25) is 0 Å². The zero-order valence-corrected chi connectivity index (χ0v) is 14.7. The molecule has 22 heavy (non-hydrogen) atoms. The third kappa shape index (κ3) is 8.50. The number of esters is 2. The van der Waals surface area contributed by atoms with E-state index >= 15 is 0 Å². The van der Waals surface area contributed by atoms with Crippen LogP contribution in [-0.4, -0.2) is 29.7 Å². The first-order valence-corrected chi connectivity index (χ1v) is 7.36. The zero-order valence-electron chi connectivity index (χ0n) is 14.7. The van der Waals surface area contributed by atoms with Gasteiger partial charge in [0.1, 0.15) is 11.2 Å². The molecule has 1 N–H and O–H groups in total. The summed E-state index contributed by atoms with van der Waals surface area (Å²) in [6.45, 7) is 12.6. The summed E-state index contributed by atoms with van der Waals surface area (Å²) in [6, 6.07) is 0. The van der Waals surface area contributed by atoms with Gasteiger partial charge in [0.15, 0.2) is 6.19 Å². The lowest BCUT2D eigenvalue weighted by Crippen LogP contribution is -2.40. The van der Waals surface area contributed by atoms with E-state index in [4.69, 9.17) is 14.7 Å². The maximum atomic E-state index is 12.4. The molecule has 0 aromatic carbocycles. The average molecular weight is 312 g/mol. The Morgan fingerprint density at radius 2 is 1.50 bits per heavy atom. The van der Waals surface area contributed by atoms with Crippen molar-refractivity contribution in [3.05, 3.63) is 0 Å². The molecule has 0 rings (SSSR count). The van der Waals surface area contributed by atoms with E-state index in [1.165, 1.54) is 0 Å². The van der Waals surface area contributed by atoms with Crippen molar-refractivity contribution in [2.75, 3.05) is 6.54 Å². The van der Waals surface area contributed by atoms with Crippen LogP contribution in [0.25, 0.3) is 0 Å². The second-order valence-corrected chi connectivity index (χ2v) is 7.61. The second kappa shape index (κ2) is 7.48. The normalized spacial score (nSPS) is 14.5. The Hall–Kier alpha value is -1.77. The van der Waals surface area contributed by atoms with E-state index in [1.807, 2.05) is 0 Å². The largest absolute Gasteiger partial charge is 0.460 e. The van der Waals surface area contributed by atoms with Gasteiger partial charge in [0.25, 0.3) is 0 Å². The first-order chi connectivity index (χ1) is 9.79. The van der Waals surface area contributed by atoms with Crippen molar-refractivity contribution in [2.24, 2.45) is 5.41 Å². The predicted octanol–water partition coefficient (Wildman–Crippen LogP) is 2.53. The smallest absolute Gasteiger partial charge is 0.312 e. The van der Waals surface area contributed by atoms with Gasteiger partial charge in [0.05, 0.1) is 11.8 Å². The number of nitriles is 1. The number of rotatable bonds is 6. The molecule has 0 fully saturated rings. The second-order valence-electron chi connectivity index (χ2n) is 7.61. The highest BCUT2D eigenvalue weighted by molar-refractivity contribution is 5.83. The van der Waals surface area contributed by atoms with E-state index in [2.05, 4.69) is 5.32 Å². The predicted molar refractivity (Wildman–Crippen MR) is 82.6 cm³/mol. The summed E-state index contributed by atoms with van der Waals surface area (Å²) in [6.07, 6.45) is 2.01. The molecule has 126 valence electrons. The van der Waals surface area contributed by atoms with Crippen molar-refractivity contribution in [1.29, 1.82) is 5.26 Å². The van der Waals surface area contributed by atoms with Crippen LogP contribution >= 0.6 is 0 Å². The van der Waals surface area contributed by atoms with Gasteiger partial charge in [-0.15, -0.1) is 0 Å². The molecule has 0 bridgehead atoms. The maximum Gasteiger partial charge on any atom is 0.312 e. The Labute approximate surface area is 133 Å². The minimum atomic E-state index is -1.04. The number of carbonyl (C=O) groups is 2. The summed E-state index contributed by atoms with van der Waals surface area (Å²) >= 11 is 0. The fourth-order valence-electron chi connectivity index (χ4n) is 1.75. The van der Waals surface area contributed by atoms with Crippen molar-refractivity contribution in [2.45, 2.75) is 72.5 Å². The lowest BCUT2D eigenvalue weighted by molar-refractivity contribution is -0.174. The molecule has 6 heteroatoms. The van der Waals surface area contributed by atoms with E-state index < -0.39 is 28.6 Å². The molecule has 1 atom stereocenters. The van der Waals surface area contributed by atoms with E-state index in [1.54, 1.807) is 54.7 Å². The maximum absolute atomic E-state index is 12.4. The Morgan fingerprint density at radius 3 is 1.91 bits per heavy atom. The SMILES string of the molecule is CC(C)(C)OC(=O)CC(C)(CCNC#N)C(=O)OC(C)(C)C. The quantitative estimate of drug-likeness (QED) is 0.351. The molecular formula is C16H28N2O4. The molecule has 0 aliphatic heterocycles. The topological polar surface area (TPSA) is 88.4 Å². The molecule has 1 unspecified atom stereocenters. The Bertz CT molecular complexity index is 441. The van der Waals surface area contributed by atoms with Gasteiger partial charge in [-0.25, -0.2) is 0 Å². The van der Waals surface area contributed by atoms with Crippen molar-refractivity contribution in [3.63, 3.8) is 0 Å². The lowest BCUT2D eigenvalue weighted by Gasteiger charge is -2.31. The van der Waals surface area contributed by atoms with Crippen LogP contribution in [0.15, 0.2) is 0 Å². The first kappa shape index (κ1) is 20.2. The molecule has 0 amide bonds. The summed E-state index contributed by atoms with van der Waals surface area (Å²) in [5, 5.41) is 11.0. The first-order valence-electron chi connectivity index (χ1n) is 7.36. The van der Waals surface area contributed by atoms with Crippen LogP contribution in [0, 0.1) is 16.9 Å². The highest BCUT2D eigenvalue weighted by atomic mass is 16.6. The molecule has 0 heterocycles. The summed E-state index contributed by atoms with van der Waals surface area (Å²) in [7, 11) is 0. The molecule has 0 aromatic heterocycles. The van der Waals surface area contributed by atoms with Gasteiger partial charge in [-0.3, -0.25) is 9.59 Å². The molecule has 0 saturated heterocycles. The van der Waals surface area contributed by atoms with Crippen LogP contribution in [-0.2, 0) is 19.1 Å². The lowest BCUT2D eigenvalue weighted by atomic mass is 9.83. The number of carbonyl (C=O) groups excluding carboxylic acids is 2. The highest BCUT2D eigenvalue weighted by Gasteiger charge is 2.40. The van der Waals surface area contributed by atoms with Crippen LogP contribution in [0.3, 0.4) is 0 Å². The molecular weight excluding hydrogens is 284 g/mol. The summed E-state index contributed by atoms with van der Waals surface area (Å²) in [5.74, 6) is -0.927. The molecule has 0 spiro atoms. The number of nitrogens with zero attached hydrogens (tertiary/aromatic N) is 1. The fourth-order valence-corrected chi connectivity index (χ4v) is 1.75. The van der Waals surface area contributed by atoms with Crippen LogP contribution < -0.4 is 5.32 Å². The summed E-state index contributed by atoms with van der Waals surface area (Å²) < 4.78 is 10.7. The van der Waals surface area contributed by atoms with Crippen molar-refractivity contribution < 1.29 is 19.1 Å². The third-order valence-corrected chi connectivity index (χ3v) is 2.73. The fraction of sp³-hybridized carbons (Fsp3) is 0.812. The Morgan fingerprint density at radius 1 is 1.00 bits per heavy atom. The zero-order chi connectivity index (χ0) is 17.6. The Balaban J connectivity index is 5.05. The van der Waals surface area contributed by atoms with E-state index in [9.17, 15) is 9.59 Å². The molecule has 0 aliphatic carbocycles. The minimum Gasteiger partial charge on any atom is -0.460 e. The van der Waals surface area contributed by atoms with Gasteiger partial charge in [-0.2, -0.15) is 5.26 Å². The average Bonchev–Trinajstić information content (AvgIpc) is 2.23. The third-order valence-electron chi connectivity index (χ3n) is 2.73. The molecule has 0 radical (unpaired) electrons. The van der Waals surface area contributed by atoms with Gasteiger partial charge in [0, 0.05) is 6.54 Å². The minimum absolute atomic E-state index is 0.0910. The van der Waals surface area contributed by atoms with Crippen LogP contribution in [0.4, 0.5) is 0 Å². The van der Waals surface area contributed by atoms with Crippen molar-refractivity contribution in [3.8, 4) is 6.19 Å². The summed E-state index contributed by atoms with van der Waals surface area (Å²) in [5.41, 5.74) is -2.30. The van der Waals surface area contributed by atoms with E-state index in [-0.39, 0.29) is 13.0 Å². The van der Waals surface area contributed by atoms with Crippen molar-refractivity contribution >= 4 is 11.9 Å². The number of ether oxygens (including phenoxy) is 2. The van der Waals surface area contributed by atoms with E-state index in [0.717, 1.165) is 0 Å². The van der Waals surface area contributed by atoms with Crippen LogP contribution in [0.2, 0.25) is 0 Å². The standard InChI is InChI=1S/C16H28N2O4/c1-14(2,3)21-12(19)10-16(7,8-9-18-11-17)13(20)22-15(4,5)6/h18H,8-10H2,1-7H3. The highest BCUT2D eigenvalue weighted by Crippen LogP contribution is 2.31. The van der Waals surface area contributed by atoms with E-state index in [0.29, 0.717) is 6.42 Å². The van der Waals surface area contributed by atoms with Crippen LogP contribution in [0.5, 0.6) is 0 Å². The molecule has 0 saturated carbocycles. The van der Waals surface area contributed by atoms with Gasteiger partial charge in [-0.05, 0) is 54.9 Å². The number of hydrogen-bond donors (Lipinski definition) is 1. The monoisotopic (exact) mass is 312 g/mol. The van der Waals surface area contributed by atoms with Gasteiger partial charge >= 0.3 is 11.9 Å². The number of hydrogen-bond acceptors (Lipinski definition) is 6.